The number of nitrogen functional groups attached to an aromatic ring is 1. The number of carbonyl (C=O) groups is 2. The summed E-state index contributed by atoms with van der Waals surface area (Å²) in [5.74, 6) is -0.534. The van der Waals surface area contributed by atoms with Crippen molar-refractivity contribution >= 4 is 57.1 Å². The smallest absolute Gasteiger partial charge is 0.410 e. The highest BCUT2D eigenvalue weighted by atomic mass is 127. The van der Waals surface area contributed by atoms with Gasteiger partial charge in [0.2, 0.25) is 0 Å². The van der Waals surface area contributed by atoms with Gasteiger partial charge in [-0.05, 0) is 86.5 Å². The summed E-state index contributed by atoms with van der Waals surface area (Å²) < 4.78 is 23.8. The number of likely N-dealkylation sites (tertiary alicyclic amines) is 1. The number of hydrogen-bond acceptors (Lipinski definition) is 7. The SMILES string of the molecule is CC(C)(C)OC(=O)N1CCC[C@@H](n2nc(-c3ccc(C(=O)Nc4ccccn4)cc3F)c3c(N)ncc(I)c32)C1. The third kappa shape index (κ3) is 5.71. The fraction of sp³-hybridized carbons (Fsp3) is 0.321. The van der Waals surface area contributed by atoms with E-state index in [0.717, 1.165) is 21.9 Å². The summed E-state index contributed by atoms with van der Waals surface area (Å²) in [7, 11) is 0. The molecule has 0 bridgehead atoms. The highest BCUT2D eigenvalue weighted by Crippen LogP contribution is 2.38. The molecule has 1 saturated heterocycles. The summed E-state index contributed by atoms with van der Waals surface area (Å²) in [5, 5.41) is 8.01. The van der Waals surface area contributed by atoms with Crippen LogP contribution in [0.5, 0.6) is 0 Å². The van der Waals surface area contributed by atoms with Crippen LogP contribution < -0.4 is 11.1 Å². The van der Waals surface area contributed by atoms with Gasteiger partial charge in [0.15, 0.2) is 0 Å². The van der Waals surface area contributed by atoms with Crippen molar-refractivity contribution in [1.29, 1.82) is 0 Å². The molecule has 3 N–H and O–H groups in total. The normalized spacial score (nSPS) is 15.7. The van der Waals surface area contributed by atoms with Crippen LogP contribution in [0.25, 0.3) is 22.2 Å². The molecule has 208 valence electrons. The molecular weight excluding hydrogens is 628 g/mol. The number of fused-ring (bicyclic) bond motifs is 1. The van der Waals surface area contributed by atoms with Gasteiger partial charge in [0.05, 0.1) is 20.5 Å². The lowest BCUT2D eigenvalue weighted by Gasteiger charge is -2.34. The van der Waals surface area contributed by atoms with Crippen molar-refractivity contribution in [1.82, 2.24) is 24.6 Å². The second kappa shape index (κ2) is 11.0. The summed E-state index contributed by atoms with van der Waals surface area (Å²) in [6.07, 6.45) is 4.35. The van der Waals surface area contributed by atoms with Gasteiger partial charge in [0, 0.05) is 36.6 Å². The Kier molecular flexibility index (Phi) is 7.62. The number of halogens is 2. The molecule has 0 radical (unpaired) electrons. The first-order chi connectivity index (χ1) is 19.0. The van der Waals surface area contributed by atoms with Crippen LogP contribution in [0.3, 0.4) is 0 Å². The molecule has 3 aromatic heterocycles. The highest BCUT2D eigenvalue weighted by molar-refractivity contribution is 14.1. The number of aromatic nitrogens is 4. The van der Waals surface area contributed by atoms with Crippen LogP contribution in [0.4, 0.5) is 20.8 Å². The summed E-state index contributed by atoms with van der Waals surface area (Å²) in [6, 6.07) is 9.16. The Hall–Kier alpha value is -3.81. The van der Waals surface area contributed by atoms with Crippen LogP contribution in [0.1, 0.15) is 50.0 Å². The van der Waals surface area contributed by atoms with Crippen molar-refractivity contribution in [3.8, 4) is 11.3 Å². The summed E-state index contributed by atoms with van der Waals surface area (Å²) >= 11 is 2.16. The Balaban J connectivity index is 1.51. The van der Waals surface area contributed by atoms with Crippen LogP contribution in [-0.4, -0.2) is 55.3 Å². The van der Waals surface area contributed by atoms with Gasteiger partial charge >= 0.3 is 6.09 Å². The van der Waals surface area contributed by atoms with E-state index in [1.54, 1.807) is 35.5 Å². The summed E-state index contributed by atoms with van der Waals surface area (Å²) in [5.41, 5.74) is 7.08. The van der Waals surface area contributed by atoms with Crippen molar-refractivity contribution in [2.24, 2.45) is 0 Å². The average Bonchev–Trinajstić information content (AvgIpc) is 3.32. The number of pyridine rings is 2. The standard InChI is InChI=1S/C28H29FIN7O3/c1-28(2,3)40-27(39)36-12-6-7-17(15-36)37-24-20(30)14-33-25(31)22(24)23(35-37)18-10-9-16(13-19(18)29)26(38)34-21-8-4-5-11-32-21/h4-5,8-11,13-14,17H,6-7,12,15H2,1-3H3,(H2,31,33)(H,32,34,38)/t17-/m1/s1. The van der Waals surface area contributed by atoms with E-state index >= 15 is 4.39 Å². The molecule has 1 atom stereocenters. The Morgan fingerprint density at radius 2 is 2.00 bits per heavy atom. The molecule has 0 aliphatic carbocycles. The molecule has 1 aliphatic rings. The van der Waals surface area contributed by atoms with Gasteiger partial charge in [-0.15, -0.1) is 0 Å². The van der Waals surface area contributed by atoms with Crippen molar-refractivity contribution < 1.29 is 18.7 Å². The monoisotopic (exact) mass is 657 g/mol. The van der Waals surface area contributed by atoms with Gasteiger partial charge < -0.3 is 20.7 Å². The number of nitrogens with two attached hydrogens (primary N) is 1. The van der Waals surface area contributed by atoms with E-state index in [1.807, 2.05) is 25.5 Å². The predicted molar refractivity (Wildman–Crippen MR) is 158 cm³/mol. The Morgan fingerprint density at radius 1 is 1.20 bits per heavy atom. The van der Waals surface area contributed by atoms with Crippen LogP contribution in [0, 0.1) is 9.39 Å². The second-order valence-electron chi connectivity index (χ2n) is 10.6. The van der Waals surface area contributed by atoms with Crippen molar-refractivity contribution in [2.45, 2.75) is 45.3 Å². The van der Waals surface area contributed by atoms with Gasteiger partial charge in [-0.3, -0.25) is 9.48 Å². The van der Waals surface area contributed by atoms with Crippen molar-refractivity contribution in [2.75, 3.05) is 24.1 Å². The lowest BCUT2D eigenvalue weighted by Crippen LogP contribution is -2.43. The lowest BCUT2D eigenvalue weighted by atomic mass is 10.0. The molecular formula is C28H29FIN7O3. The first-order valence-corrected chi connectivity index (χ1v) is 13.9. The average molecular weight is 657 g/mol. The minimum atomic E-state index is -0.627. The van der Waals surface area contributed by atoms with E-state index in [4.69, 9.17) is 15.6 Å². The highest BCUT2D eigenvalue weighted by Gasteiger charge is 2.31. The molecule has 4 heterocycles. The lowest BCUT2D eigenvalue weighted by molar-refractivity contribution is 0.0169. The quantitative estimate of drug-likeness (QED) is 0.272. The largest absolute Gasteiger partial charge is 0.444 e. The molecule has 2 amide bonds. The van der Waals surface area contributed by atoms with Crippen LogP contribution in [0.2, 0.25) is 0 Å². The fourth-order valence-corrected chi connectivity index (χ4v) is 5.39. The predicted octanol–water partition coefficient (Wildman–Crippen LogP) is 5.64. The molecule has 0 unspecified atom stereocenters. The number of amides is 2. The number of anilines is 2. The van der Waals surface area contributed by atoms with Crippen LogP contribution in [0.15, 0.2) is 48.8 Å². The molecule has 12 heteroatoms. The zero-order valence-electron chi connectivity index (χ0n) is 22.3. The van der Waals surface area contributed by atoms with Gasteiger partial charge in [0.1, 0.15) is 28.7 Å². The van der Waals surface area contributed by atoms with Crippen molar-refractivity contribution in [3.63, 3.8) is 0 Å². The van der Waals surface area contributed by atoms with E-state index in [2.05, 4.69) is 37.9 Å². The molecule has 40 heavy (non-hydrogen) atoms. The maximum absolute atomic E-state index is 15.6. The fourth-order valence-electron chi connectivity index (χ4n) is 4.73. The van der Waals surface area contributed by atoms with Crippen LogP contribution >= 0.6 is 22.6 Å². The van der Waals surface area contributed by atoms with E-state index in [1.165, 1.54) is 18.2 Å². The number of benzene rings is 1. The molecule has 1 aliphatic heterocycles. The number of rotatable bonds is 4. The number of nitrogens with one attached hydrogen (secondary N) is 1. The Morgan fingerprint density at radius 3 is 2.70 bits per heavy atom. The minimum absolute atomic E-state index is 0.136. The van der Waals surface area contributed by atoms with E-state index in [9.17, 15) is 9.59 Å². The van der Waals surface area contributed by atoms with Crippen molar-refractivity contribution in [3.05, 3.63) is 63.7 Å². The first-order valence-electron chi connectivity index (χ1n) is 12.8. The minimum Gasteiger partial charge on any atom is -0.444 e. The Bertz CT molecular complexity index is 1590. The number of hydrogen-bond donors (Lipinski definition) is 2. The molecule has 0 spiro atoms. The summed E-state index contributed by atoms with van der Waals surface area (Å²) in [6.45, 7) is 6.47. The van der Waals surface area contributed by atoms with Gasteiger partial charge in [-0.25, -0.2) is 19.2 Å². The second-order valence-corrected chi connectivity index (χ2v) is 11.8. The molecule has 4 aromatic rings. The summed E-state index contributed by atoms with van der Waals surface area (Å²) in [4.78, 5) is 35.6. The molecule has 1 fully saturated rings. The molecule has 5 rings (SSSR count). The number of nitrogens with zero attached hydrogens (tertiary/aromatic N) is 5. The van der Waals surface area contributed by atoms with Gasteiger partial charge in [0.25, 0.3) is 5.91 Å². The van der Waals surface area contributed by atoms with Crippen LogP contribution in [-0.2, 0) is 4.74 Å². The topological polar surface area (TPSA) is 128 Å². The zero-order valence-corrected chi connectivity index (χ0v) is 24.5. The maximum atomic E-state index is 15.6. The Labute approximate surface area is 244 Å². The third-order valence-electron chi connectivity index (χ3n) is 6.50. The van der Waals surface area contributed by atoms with E-state index in [0.29, 0.717) is 30.0 Å². The van der Waals surface area contributed by atoms with E-state index < -0.39 is 17.3 Å². The maximum Gasteiger partial charge on any atom is 0.410 e. The van der Waals surface area contributed by atoms with Gasteiger partial charge in [-0.2, -0.15) is 5.10 Å². The first kappa shape index (κ1) is 27.7. The molecule has 1 aromatic carbocycles. The zero-order chi connectivity index (χ0) is 28.6. The van der Waals surface area contributed by atoms with Gasteiger partial charge in [-0.1, -0.05) is 6.07 Å². The number of ether oxygens (including phenoxy) is 1. The third-order valence-corrected chi connectivity index (χ3v) is 7.29. The number of carbonyl (C=O) groups excluding carboxylic acids is 2. The molecule has 10 nitrogen and oxygen atoms in total. The number of piperidine rings is 1. The van der Waals surface area contributed by atoms with E-state index in [-0.39, 0.29) is 29.1 Å². The molecule has 0 saturated carbocycles.